The number of thiophene rings is 1. The summed E-state index contributed by atoms with van der Waals surface area (Å²) in [6, 6.07) is 9.02. The third-order valence-corrected chi connectivity index (χ3v) is 3.65. The lowest BCUT2D eigenvalue weighted by atomic mass is 10.3. The van der Waals surface area contributed by atoms with Crippen LogP contribution in [0.15, 0.2) is 40.2 Å². The summed E-state index contributed by atoms with van der Waals surface area (Å²) in [6.07, 6.45) is 0. The lowest BCUT2D eigenvalue weighted by molar-refractivity contribution is 0.0702. The lowest BCUT2D eigenvalue weighted by Crippen LogP contribution is -2.08. The van der Waals surface area contributed by atoms with Gasteiger partial charge in [0.25, 0.3) is 0 Å². The maximum absolute atomic E-state index is 10.7. The third-order valence-electron chi connectivity index (χ3n) is 2.22. The maximum atomic E-state index is 10.7. The van der Waals surface area contributed by atoms with Crippen molar-refractivity contribution in [2.45, 2.75) is 0 Å². The van der Waals surface area contributed by atoms with Gasteiger partial charge in [-0.15, -0.1) is 11.3 Å². The van der Waals surface area contributed by atoms with Crippen LogP contribution in [0.3, 0.4) is 0 Å². The van der Waals surface area contributed by atoms with Crippen molar-refractivity contribution in [2.24, 2.45) is 0 Å². The van der Waals surface area contributed by atoms with Gasteiger partial charge in [-0.3, -0.25) is 0 Å². The molecule has 2 rings (SSSR count). The number of hydrogen-bond acceptors (Lipinski definition) is 4. The fourth-order valence-electron chi connectivity index (χ4n) is 1.36. The number of benzene rings is 1. The van der Waals surface area contributed by atoms with Crippen molar-refractivity contribution < 1.29 is 19.4 Å². The summed E-state index contributed by atoms with van der Waals surface area (Å²) in [5.41, 5.74) is 0. The molecule has 0 aliphatic carbocycles. The van der Waals surface area contributed by atoms with E-state index in [1.165, 1.54) is 6.07 Å². The van der Waals surface area contributed by atoms with Gasteiger partial charge in [0.15, 0.2) is 0 Å². The van der Waals surface area contributed by atoms with Crippen LogP contribution >= 0.6 is 27.3 Å². The monoisotopic (exact) mass is 342 g/mol. The Balaban J connectivity index is 1.74. The molecule has 100 valence electrons. The fraction of sp³-hybridized carbons (Fsp3) is 0.154. The third kappa shape index (κ3) is 4.25. The summed E-state index contributed by atoms with van der Waals surface area (Å²) in [7, 11) is 0. The number of ether oxygens (including phenoxy) is 2. The number of rotatable bonds is 6. The molecule has 0 fully saturated rings. The number of hydrogen-bond donors (Lipinski definition) is 1. The highest BCUT2D eigenvalue weighted by Gasteiger charge is 2.07. The molecular formula is C13H11BrO4S. The average Bonchev–Trinajstić information content (AvgIpc) is 2.86. The summed E-state index contributed by atoms with van der Waals surface area (Å²) in [6.45, 7) is 0.770. The van der Waals surface area contributed by atoms with E-state index >= 15 is 0 Å². The summed E-state index contributed by atoms with van der Waals surface area (Å²) in [5, 5.41) is 10.4. The van der Waals surface area contributed by atoms with Crippen molar-refractivity contribution in [3.05, 3.63) is 45.1 Å². The van der Waals surface area contributed by atoms with Gasteiger partial charge in [0.05, 0.1) is 0 Å². The summed E-state index contributed by atoms with van der Waals surface area (Å²) in [5.74, 6) is 0.385. The molecule has 0 atom stereocenters. The normalized spacial score (nSPS) is 10.2. The van der Waals surface area contributed by atoms with Crippen LogP contribution in [0, 0.1) is 0 Å². The van der Waals surface area contributed by atoms with Crippen LogP contribution in [0.4, 0.5) is 0 Å². The van der Waals surface area contributed by atoms with Gasteiger partial charge >= 0.3 is 5.97 Å². The summed E-state index contributed by atoms with van der Waals surface area (Å²) >= 11 is 4.49. The average molecular weight is 343 g/mol. The summed E-state index contributed by atoms with van der Waals surface area (Å²) in [4.78, 5) is 11.0. The fourth-order valence-corrected chi connectivity index (χ4v) is 2.29. The van der Waals surface area contributed by atoms with E-state index in [0.717, 1.165) is 21.6 Å². The van der Waals surface area contributed by atoms with Crippen molar-refractivity contribution in [1.29, 1.82) is 0 Å². The van der Waals surface area contributed by atoms with Gasteiger partial charge in [-0.1, -0.05) is 15.9 Å². The predicted octanol–water partition coefficient (Wildman–Crippen LogP) is 3.67. The zero-order valence-electron chi connectivity index (χ0n) is 9.84. The molecule has 4 nitrogen and oxygen atoms in total. The second kappa shape index (κ2) is 6.58. The van der Waals surface area contributed by atoms with E-state index in [1.807, 2.05) is 24.3 Å². The molecule has 0 unspecified atom stereocenters. The first-order chi connectivity index (χ1) is 9.15. The first kappa shape index (κ1) is 13.9. The molecular weight excluding hydrogens is 332 g/mol. The number of carbonyl (C=O) groups is 1. The Kier molecular flexibility index (Phi) is 4.81. The molecule has 0 saturated carbocycles. The first-order valence-electron chi connectivity index (χ1n) is 5.48. The Hall–Kier alpha value is -1.53. The number of carboxylic acids is 1. The highest BCUT2D eigenvalue weighted by Crippen LogP contribution is 2.21. The minimum absolute atomic E-state index is 0.267. The number of halogens is 1. The maximum Gasteiger partial charge on any atom is 0.346 e. The molecule has 2 aromatic rings. The Morgan fingerprint density at radius 1 is 1.16 bits per heavy atom. The quantitative estimate of drug-likeness (QED) is 0.813. The molecule has 0 bridgehead atoms. The minimum Gasteiger partial charge on any atom is -0.490 e. The molecule has 0 saturated heterocycles. The van der Waals surface area contributed by atoms with Crippen LogP contribution in [0.25, 0.3) is 0 Å². The molecule has 1 N–H and O–H groups in total. The van der Waals surface area contributed by atoms with Crippen LogP contribution in [0.1, 0.15) is 9.67 Å². The van der Waals surface area contributed by atoms with E-state index in [4.69, 9.17) is 14.6 Å². The minimum atomic E-state index is -0.939. The molecule has 0 aliphatic heterocycles. The highest BCUT2D eigenvalue weighted by molar-refractivity contribution is 9.10. The Bertz CT molecular complexity index is 550. The van der Waals surface area contributed by atoms with E-state index in [1.54, 1.807) is 5.38 Å². The standard InChI is InChI=1S/C13H11BrO4S/c14-9-1-3-10(4-2-9)17-5-6-18-11-7-12(13(15)16)19-8-11/h1-4,7-8H,5-6H2,(H,15,16). The topological polar surface area (TPSA) is 55.8 Å². The van der Waals surface area contributed by atoms with Gasteiger partial charge in [-0.05, 0) is 24.3 Å². The van der Waals surface area contributed by atoms with Crippen LogP contribution < -0.4 is 9.47 Å². The zero-order chi connectivity index (χ0) is 13.7. The molecule has 1 heterocycles. The smallest absolute Gasteiger partial charge is 0.346 e. The number of carboxylic acid groups (broad SMARTS) is 1. The molecule has 19 heavy (non-hydrogen) atoms. The van der Waals surface area contributed by atoms with Gasteiger partial charge in [-0.2, -0.15) is 0 Å². The molecule has 0 amide bonds. The molecule has 1 aromatic heterocycles. The Morgan fingerprint density at radius 2 is 1.79 bits per heavy atom. The van der Waals surface area contributed by atoms with E-state index in [9.17, 15) is 4.79 Å². The van der Waals surface area contributed by atoms with Crippen molar-refractivity contribution >= 4 is 33.2 Å². The molecule has 6 heteroatoms. The first-order valence-corrected chi connectivity index (χ1v) is 7.15. The molecule has 1 aromatic carbocycles. The Labute approximate surface area is 122 Å². The van der Waals surface area contributed by atoms with E-state index in [-0.39, 0.29) is 4.88 Å². The van der Waals surface area contributed by atoms with E-state index in [2.05, 4.69) is 15.9 Å². The van der Waals surface area contributed by atoms with Gasteiger partial charge in [0.2, 0.25) is 0 Å². The largest absolute Gasteiger partial charge is 0.490 e. The van der Waals surface area contributed by atoms with Crippen LogP contribution in [-0.4, -0.2) is 24.3 Å². The van der Waals surface area contributed by atoms with E-state index < -0.39 is 5.97 Å². The second-order valence-electron chi connectivity index (χ2n) is 3.60. The second-order valence-corrected chi connectivity index (χ2v) is 5.43. The zero-order valence-corrected chi connectivity index (χ0v) is 12.2. The number of aromatic carboxylic acids is 1. The van der Waals surface area contributed by atoms with Gasteiger partial charge in [-0.25, -0.2) is 4.79 Å². The van der Waals surface area contributed by atoms with Crippen LogP contribution in [-0.2, 0) is 0 Å². The van der Waals surface area contributed by atoms with Crippen molar-refractivity contribution in [1.82, 2.24) is 0 Å². The van der Waals surface area contributed by atoms with Crippen molar-refractivity contribution in [2.75, 3.05) is 13.2 Å². The molecule has 0 spiro atoms. The van der Waals surface area contributed by atoms with E-state index in [0.29, 0.717) is 19.0 Å². The lowest BCUT2D eigenvalue weighted by Gasteiger charge is -2.07. The van der Waals surface area contributed by atoms with Gasteiger partial charge in [0.1, 0.15) is 29.6 Å². The van der Waals surface area contributed by atoms with Gasteiger partial charge < -0.3 is 14.6 Å². The summed E-state index contributed by atoms with van der Waals surface area (Å²) < 4.78 is 11.9. The Morgan fingerprint density at radius 3 is 2.37 bits per heavy atom. The van der Waals surface area contributed by atoms with Crippen LogP contribution in [0.2, 0.25) is 0 Å². The SMILES string of the molecule is O=C(O)c1cc(OCCOc2ccc(Br)cc2)cs1. The predicted molar refractivity (Wildman–Crippen MR) is 76.4 cm³/mol. The highest BCUT2D eigenvalue weighted by atomic mass is 79.9. The molecule has 0 aliphatic rings. The van der Waals surface area contributed by atoms with Gasteiger partial charge in [0, 0.05) is 15.9 Å². The van der Waals surface area contributed by atoms with Crippen LogP contribution in [0.5, 0.6) is 11.5 Å². The molecule has 0 radical (unpaired) electrons. The van der Waals surface area contributed by atoms with Crippen molar-refractivity contribution in [3.8, 4) is 11.5 Å². The van der Waals surface area contributed by atoms with Crippen molar-refractivity contribution in [3.63, 3.8) is 0 Å².